The Bertz CT molecular complexity index is 965. The molecule has 138 valence electrons. The van der Waals surface area contributed by atoms with Gasteiger partial charge in [0.15, 0.2) is 0 Å². The third-order valence-electron chi connectivity index (χ3n) is 4.47. The van der Waals surface area contributed by atoms with Crippen molar-refractivity contribution in [2.75, 3.05) is 17.2 Å². The maximum atomic E-state index is 13.3. The topological polar surface area (TPSA) is 62.7 Å². The average Bonchev–Trinajstić information content (AvgIpc) is 3.05. The van der Waals surface area contributed by atoms with Crippen LogP contribution >= 0.6 is 23.2 Å². The zero-order valence-corrected chi connectivity index (χ0v) is 15.7. The van der Waals surface area contributed by atoms with Crippen molar-refractivity contribution in [3.8, 4) is 0 Å². The van der Waals surface area contributed by atoms with Crippen molar-refractivity contribution < 1.29 is 4.39 Å². The van der Waals surface area contributed by atoms with Crippen molar-refractivity contribution in [3.05, 3.63) is 75.4 Å². The van der Waals surface area contributed by atoms with Gasteiger partial charge in [0, 0.05) is 48.2 Å². The van der Waals surface area contributed by atoms with Gasteiger partial charge in [-0.15, -0.1) is 0 Å². The highest BCUT2D eigenvalue weighted by atomic mass is 35.5. The minimum absolute atomic E-state index is 0.278. The van der Waals surface area contributed by atoms with Crippen LogP contribution in [-0.4, -0.2) is 21.5 Å². The van der Waals surface area contributed by atoms with Crippen molar-refractivity contribution in [1.29, 1.82) is 0 Å². The molecular weight excluding hydrogens is 388 g/mol. The smallest absolute Gasteiger partial charge is 0.222 e. The van der Waals surface area contributed by atoms with Crippen molar-refractivity contribution >= 4 is 35.0 Å². The Kier molecular flexibility index (Phi) is 5.09. The van der Waals surface area contributed by atoms with Gasteiger partial charge in [-0.05, 0) is 41.8 Å². The number of aromatic nitrogens is 3. The second kappa shape index (κ2) is 7.66. The zero-order chi connectivity index (χ0) is 18.8. The molecule has 1 aliphatic heterocycles. The van der Waals surface area contributed by atoms with Gasteiger partial charge in [0.1, 0.15) is 11.6 Å². The van der Waals surface area contributed by atoms with Gasteiger partial charge in [0.2, 0.25) is 5.95 Å². The molecule has 5 nitrogen and oxygen atoms in total. The molecule has 0 radical (unpaired) electrons. The van der Waals surface area contributed by atoms with Crippen molar-refractivity contribution in [2.24, 2.45) is 0 Å². The number of hydrogen-bond acceptors (Lipinski definition) is 5. The Morgan fingerprint density at radius 3 is 2.74 bits per heavy atom. The van der Waals surface area contributed by atoms with Gasteiger partial charge in [0.05, 0.1) is 5.02 Å². The van der Waals surface area contributed by atoms with E-state index in [0.29, 0.717) is 28.1 Å². The van der Waals surface area contributed by atoms with E-state index in [9.17, 15) is 4.39 Å². The van der Waals surface area contributed by atoms with E-state index in [1.165, 1.54) is 18.2 Å². The minimum atomic E-state index is -0.326. The Hall–Kier alpha value is -2.44. The van der Waals surface area contributed by atoms with E-state index in [2.05, 4.69) is 25.6 Å². The minimum Gasteiger partial charge on any atom is -0.369 e. The van der Waals surface area contributed by atoms with Crippen LogP contribution in [0.15, 0.2) is 42.9 Å². The Morgan fingerprint density at radius 1 is 1.11 bits per heavy atom. The molecule has 1 unspecified atom stereocenters. The summed E-state index contributed by atoms with van der Waals surface area (Å²) in [7, 11) is 0. The largest absolute Gasteiger partial charge is 0.369 e. The molecule has 0 bridgehead atoms. The molecule has 0 saturated heterocycles. The maximum absolute atomic E-state index is 13.3. The summed E-state index contributed by atoms with van der Waals surface area (Å²) in [4.78, 5) is 13.0. The molecule has 2 N–H and O–H groups in total. The molecule has 0 aliphatic carbocycles. The number of pyridine rings is 1. The number of fused-ring (bicyclic) bond motifs is 1. The number of nitrogens with one attached hydrogen (secondary N) is 2. The summed E-state index contributed by atoms with van der Waals surface area (Å²) in [5.41, 5.74) is 2.79. The fourth-order valence-electron chi connectivity index (χ4n) is 3.11. The van der Waals surface area contributed by atoms with Crippen molar-refractivity contribution in [3.63, 3.8) is 0 Å². The molecule has 1 atom stereocenters. The second-order valence-corrected chi connectivity index (χ2v) is 7.22. The average molecular weight is 404 g/mol. The zero-order valence-electron chi connectivity index (χ0n) is 14.2. The van der Waals surface area contributed by atoms with Gasteiger partial charge < -0.3 is 10.6 Å². The van der Waals surface area contributed by atoms with Crippen LogP contribution in [0.4, 0.5) is 16.2 Å². The van der Waals surface area contributed by atoms with Crippen LogP contribution in [0.2, 0.25) is 10.0 Å². The van der Waals surface area contributed by atoms with Crippen LogP contribution in [0, 0.1) is 5.82 Å². The predicted molar refractivity (Wildman–Crippen MR) is 105 cm³/mol. The van der Waals surface area contributed by atoms with Crippen LogP contribution in [0.3, 0.4) is 0 Å². The summed E-state index contributed by atoms with van der Waals surface area (Å²) in [5, 5.41) is 7.48. The summed E-state index contributed by atoms with van der Waals surface area (Å²) in [5.74, 6) is 1.30. The van der Waals surface area contributed by atoms with E-state index in [4.69, 9.17) is 23.2 Å². The van der Waals surface area contributed by atoms with Gasteiger partial charge in [-0.2, -0.15) is 0 Å². The molecule has 0 spiro atoms. The highest BCUT2D eigenvalue weighted by molar-refractivity contribution is 6.31. The molecule has 27 heavy (non-hydrogen) atoms. The maximum Gasteiger partial charge on any atom is 0.222 e. The molecular formula is C19H16Cl2FN5. The van der Waals surface area contributed by atoms with E-state index < -0.39 is 0 Å². The normalized spacial score (nSPS) is 15.3. The molecule has 3 aromatic rings. The summed E-state index contributed by atoms with van der Waals surface area (Å²) in [6.45, 7) is 1.15. The molecule has 1 aromatic carbocycles. The fraction of sp³-hybridized carbons (Fsp3) is 0.211. The van der Waals surface area contributed by atoms with Gasteiger partial charge in [0.25, 0.3) is 0 Å². The molecule has 3 heterocycles. The number of anilines is 2. The lowest BCUT2D eigenvalue weighted by Crippen LogP contribution is -2.08. The quantitative estimate of drug-likeness (QED) is 0.647. The first kappa shape index (κ1) is 17.9. The first-order valence-corrected chi connectivity index (χ1v) is 9.22. The van der Waals surface area contributed by atoms with Gasteiger partial charge in [-0.3, -0.25) is 0 Å². The Morgan fingerprint density at radius 2 is 1.93 bits per heavy atom. The number of benzene rings is 1. The Balaban J connectivity index is 1.40. The summed E-state index contributed by atoms with van der Waals surface area (Å²) >= 11 is 12.1. The van der Waals surface area contributed by atoms with Crippen LogP contribution in [0.1, 0.15) is 22.6 Å². The van der Waals surface area contributed by atoms with E-state index in [1.807, 2.05) is 6.07 Å². The molecule has 0 fully saturated rings. The Labute approximate surface area is 166 Å². The summed E-state index contributed by atoms with van der Waals surface area (Å²) in [6, 6.07) is 6.21. The van der Waals surface area contributed by atoms with E-state index >= 15 is 0 Å². The highest BCUT2D eigenvalue weighted by Crippen LogP contribution is 2.33. The first-order valence-electron chi connectivity index (χ1n) is 8.46. The predicted octanol–water partition coefficient (Wildman–Crippen LogP) is 4.68. The van der Waals surface area contributed by atoms with E-state index in [1.54, 1.807) is 18.6 Å². The number of nitrogens with zero attached hydrogens (tertiary/aromatic N) is 3. The third kappa shape index (κ3) is 4.12. The highest BCUT2D eigenvalue weighted by Gasteiger charge is 2.24. The molecule has 0 saturated carbocycles. The lowest BCUT2D eigenvalue weighted by Gasteiger charge is -2.11. The monoisotopic (exact) mass is 403 g/mol. The number of hydrogen-bond donors (Lipinski definition) is 2. The lowest BCUT2D eigenvalue weighted by molar-refractivity contribution is 0.626. The van der Waals surface area contributed by atoms with Crippen LogP contribution < -0.4 is 10.6 Å². The third-order valence-corrected chi connectivity index (χ3v) is 5.05. The van der Waals surface area contributed by atoms with Crippen LogP contribution in [-0.2, 0) is 13.0 Å². The summed E-state index contributed by atoms with van der Waals surface area (Å²) < 4.78 is 13.3. The van der Waals surface area contributed by atoms with Crippen LogP contribution in [0.25, 0.3) is 0 Å². The molecule has 2 aromatic heterocycles. The molecule has 8 heteroatoms. The molecule has 4 rings (SSSR count). The fourth-order valence-corrected chi connectivity index (χ4v) is 3.47. The van der Waals surface area contributed by atoms with Crippen LogP contribution in [0.5, 0.6) is 0 Å². The molecule has 1 aliphatic rings. The second-order valence-electron chi connectivity index (χ2n) is 6.38. The van der Waals surface area contributed by atoms with Gasteiger partial charge in [-0.25, -0.2) is 19.3 Å². The lowest BCUT2D eigenvalue weighted by atomic mass is 9.96. The van der Waals surface area contributed by atoms with Gasteiger partial charge in [-0.1, -0.05) is 23.2 Å². The first-order chi connectivity index (χ1) is 13.1. The standard InChI is InChI=1S/C19H16Cl2FN5/c20-14-5-16-12(8-23-18(16)24-10-14)3-11-6-25-19(26-7-11)27-9-13-4-15(22)1-2-17(13)21/h1-2,4-7,10,12H,3,8-9H2,(H,23,24)(H,25,26,27). The van der Waals surface area contributed by atoms with E-state index in [0.717, 1.165) is 29.9 Å². The SMILES string of the molecule is Fc1ccc(Cl)c(CNc2ncc(CC3CNc4ncc(Cl)cc43)cn2)c1. The van der Waals surface area contributed by atoms with Crippen molar-refractivity contribution in [1.82, 2.24) is 15.0 Å². The van der Waals surface area contributed by atoms with E-state index in [-0.39, 0.29) is 11.7 Å². The van der Waals surface area contributed by atoms with Crippen molar-refractivity contribution in [2.45, 2.75) is 18.9 Å². The summed E-state index contributed by atoms with van der Waals surface area (Å²) in [6.07, 6.45) is 6.01. The number of halogens is 3. The molecule has 0 amide bonds. The number of rotatable bonds is 5. The van der Waals surface area contributed by atoms with Gasteiger partial charge >= 0.3 is 0 Å².